The second-order valence-electron chi connectivity index (χ2n) is 6.07. The minimum atomic E-state index is 0.0722. The standard InChI is InChI=1S/C23H17NO/c1-16(25)17-11-13-19(14-12-17)23-15-21(18-7-3-2-4-8-18)20-9-5-6-10-22(20)24-23/h2-15H,1H3. The van der Waals surface area contributed by atoms with E-state index in [0.29, 0.717) is 5.56 Å². The van der Waals surface area contributed by atoms with Gasteiger partial charge in [-0.05, 0) is 30.2 Å². The fraction of sp³-hybridized carbons (Fsp3) is 0.0435. The van der Waals surface area contributed by atoms with E-state index in [1.165, 1.54) is 5.56 Å². The van der Waals surface area contributed by atoms with E-state index in [1.54, 1.807) is 6.92 Å². The van der Waals surface area contributed by atoms with Gasteiger partial charge in [0.25, 0.3) is 0 Å². The molecular formula is C23H17NO. The zero-order valence-corrected chi connectivity index (χ0v) is 13.9. The highest BCUT2D eigenvalue weighted by atomic mass is 16.1. The maximum absolute atomic E-state index is 11.5. The van der Waals surface area contributed by atoms with Crippen molar-refractivity contribution in [3.05, 3.63) is 90.5 Å². The van der Waals surface area contributed by atoms with E-state index in [-0.39, 0.29) is 5.78 Å². The number of fused-ring (bicyclic) bond motifs is 1. The minimum absolute atomic E-state index is 0.0722. The highest BCUT2D eigenvalue weighted by Gasteiger charge is 2.09. The Labute approximate surface area is 146 Å². The molecule has 0 fully saturated rings. The van der Waals surface area contributed by atoms with E-state index in [0.717, 1.165) is 27.7 Å². The molecular weight excluding hydrogens is 306 g/mol. The highest BCUT2D eigenvalue weighted by Crippen LogP contribution is 2.32. The number of hydrogen-bond donors (Lipinski definition) is 0. The van der Waals surface area contributed by atoms with Crippen LogP contribution in [-0.2, 0) is 0 Å². The molecule has 0 atom stereocenters. The van der Waals surface area contributed by atoms with Crippen molar-refractivity contribution < 1.29 is 4.79 Å². The number of pyridine rings is 1. The van der Waals surface area contributed by atoms with Crippen LogP contribution in [0.5, 0.6) is 0 Å². The third-order valence-corrected chi connectivity index (χ3v) is 4.39. The van der Waals surface area contributed by atoms with Gasteiger partial charge in [-0.15, -0.1) is 0 Å². The fourth-order valence-corrected chi connectivity index (χ4v) is 3.06. The van der Waals surface area contributed by atoms with Crippen LogP contribution >= 0.6 is 0 Å². The zero-order chi connectivity index (χ0) is 17.2. The summed E-state index contributed by atoms with van der Waals surface area (Å²) in [5.74, 6) is 0.0722. The van der Waals surface area contributed by atoms with Gasteiger partial charge in [0.15, 0.2) is 5.78 Å². The molecule has 0 N–H and O–H groups in total. The Morgan fingerprint density at radius 1 is 0.760 bits per heavy atom. The topological polar surface area (TPSA) is 30.0 Å². The van der Waals surface area contributed by atoms with Crippen LogP contribution in [0.25, 0.3) is 33.3 Å². The quantitative estimate of drug-likeness (QED) is 0.448. The number of rotatable bonds is 3. The van der Waals surface area contributed by atoms with Gasteiger partial charge in [-0.1, -0.05) is 72.8 Å². The molecule has 3 aromatic carbocycles. The summed E-state index contributed by atoms with van der Waals surface area (Å²) < 4.78 is 0. The number of aromatic nitrogens is 1. The molecule has 2 heteroatoms. The molecule has 0 saturated carbocycles. The number of benzene rings is 3. The molecule has 1 aromatic heterocycles. The third-order valence-electron chi connectivity index (χ3n) is 4.39. The molecule has 0 aliphatic heterocycles. The van der Waals surface area contributed by atoms with Gasteiger partial charge in [0, 0.05) is 16.5 Å². The zero-order valence-electron chi connectivity index (χ0n) is 13.9. The van der Waals surface area contributed by atoms with Crippen molar-refractivity contribution in [2.45, 2.75) is 6.92 Å². The first kappa shape index (κ1) is 15.3. The molecule has 0 bridgehead atoms. The first-order valence-corrected chi connectivity index (χ1v) is 8.29. The molecule has 1 heterocycles. The first-order chi connectivity index (χ1) is 12.2. The normalized spacial score (nSPS) is 10.8. The molecule has 4 aromatic rings. The molecule has 120 valence electrons. The van der Waals surface area contributed by atoms with Crippen LogP contribution in [0.1, 0.15) is 17.3 Å². The van der Waals surface area contributed by atoms with E-state index in [2.05, 4.69) is 24.3 Å². The molecule has 0 aliphatic rings. The van der Waals surface area contributed by atoms with Gasteiger partial charge in [0.1, 0.15) is 0 Å². The number of carbonyl (C=O) groups is 1. The molecule has 0 amide bonds. The first-order valence-electron chi connectivity index (χ1n) is 8.29. The molecule has 0 radical (unpaired) electrons. The van der Waals surface area contributed by atoms with Crippen LogP contribution in [0.2, 0.25) is 0 Å². The summed E-state index contributed by atoms with van der Waals surface area (Å²) >= 11 is 0. The number of para-hydroxylation sites is 1. The van der Waals surface area contributed by atoms with Crippen molar-refractivity contribution in [2.24, 2.45) is 0 Å². The van der Waals surface area contributed by atoms with E-state index < -0.39 is 0 Å². The van der Waals surface area contributed by atoms with Gasteiger partial charge in [-0.2, -0.15) is 0 Å². The van der Waals surface area contributed by atoms with Gasteiger partial charge in [0.05, 0.1) is 11.2 Å². The van der Waals surface area contributed by atoms with Gasteiger partial charge < -0.3 is 0 Å². The van der Waals surface area contributed by atoms with E-state index in [4.69, 9.17) is 4.98 Å². The Morgan fingerprint density at radius 2 is 1.44 bits per heavy atom. The van der Waals surface area contributed by atoms with Crippen LogP contribution in [-0.4, -0.2) is 10.8 Å². The van der Waals surface area contributed by atoms with Gasteiger partial charge in [0.2, 0.25) is 0 Å². The number of hydrogen-bond acceptors (Lipinski definition) is 2. The SMILES string of the molecule is CC(=O)c1ccc(-c2cc(-c3ccccc3)c3ccccc3n2)cc1. The predicted molar refractivity (Wildman–Crippen MR) is 103 cm³/mol. The smallest absolute Gasteiger partial charge is 0.159 e. The summed E-state index contributed by atoms with van der Waals surface area (Å²) in [5.41, 5.74) is 5.93. The molecule has 0 saturated heterocycles. The summed E-state index contributed by atoms with van der Waals surface area (Å²) in [6, 6.07) is 28.3. The largest absolute Gasteiger partial charge is 0.295 e. The fourth-order valence-electron chi connectivity index (χ4n) is 3.06. The van der Waals surface area contributed by atoms with Crippen molar-refractivity contribution in [3.63, 3.8) is 0 Å². The summed E-state index contributed by atoms with van der Waals surface area (Å²) in [4.78, 5) is 16.3. The highest BCUT2D eigenvalue weighted by molar-refractivity contribution is 5.97. The Balaban J connectivity index is 1.92. The summed E-state index contributed by atoms with van der Waals surface area (Å²) in [6.45, 7) is 1.58. The Morgan fingerprint density at radius 3 is 2.16 bits per heavy atom. The Kier molecular flexibility index (Phi) is 3.87. The van der Waals surface area contributed by atoms with Crippen LogP contribution in [0.15, 0.2) is 84.9 Å². The van der Waals surface area contributed by atoms with Gasteiger partial charge in [-0.3, -0.25) is 4.79 Å². The molecule has 0 aliphatic carbocycles. The summed E-state index contributed by atoms with van der Waals surface area (Å²) in [7, 11) is 0. The Hall–Kier alpha value is -3.26. The van der Waals surface area contributed by atoms with Crippen LogP contribution < -0.4 is 0 Å². The van der Waals surface area contributed by atoms with Crippen LogP contribution in [0.4, 0.5) is 0 Å². The van der Waals surface area contributed by atoms with Crippen LogP contribution in [0, 0.1) is 0 Å². The molecule has 2 nitrogen and oxygen atoms in total. The maximum Gasteiger partial charge on any atom is 0.159 e. The van der Waals surface area contributed by atoms with Gasteiger partial charge in [-0.25, -0.2) is 4.98 Å². The second kappa shape index (κ2) is 6.33. The molecule has 25 heavy (non-hydrogen) atoms. The lowest BCUT2D eigenvalue weighted by atomic mass is 9.98. The predicted octanol–water partition coefficient (Wildman–Crippen LogP) is 5.77. The van der Waals surface area contributed by atoms with Crippen molar-refractivity contribution in [2.75, 3.05) is 0 Å². The van der Waals surface area contributed by atoms with Crippen molar-refractivity contribution >= 4 is 16.7 Å². The summed E-state index contributed by atoms with van der Waals surface area (Å²) in [6.07, 6.45) is 0. The minimum Gasteiger partial charge on any atom is -0.295 e. The van der Waals surface area contributed by atoms with E-state index in [1.807, 2.05) is 60.7 Å². The molecule has 4 rings (SSSR count). The Bertz CT molecular complexity index is 1050. The number of nitrogens with zero attached hydrogens (tertiary/aromatic N) is 1. The van der Waals surface area contributed by atoms with E-state index >= 15 is 0 Å². The van der Waals surface area contributed by atoms with Gasteiger partial charge >= 0.3 is 0 Å². The van der Waals surface area contributed by atoms with Crippen LogP contribution in [0.3, 0.4) is 0 Å². The average molecular weight is 323 g/mol. The lowest BCUT2D eigenvalue weighted by Gasteiger charge is -2.10. The van der Waals surface area contributed by atoms with E-state index in [9.17, 15) is 4.79 Å². The monoisotopic (exact) mass is 323 g/mol. The average Bonchev–Trinajstić information content (AvgIpc) is 2.68. The van der Waals surface area contributed by atoms with Crippen molar-refractivity contribution in [1.29, 1.82) is 0 Å². The molecule has 0 spiro atoms. The third kappa shape index (κ3) is 2.94. The maximum atomic E-state index is 11.5. The van der Waals surface area contributed by atoms with Crippen molar-refractivity contribution in [3.8, 4) is 22.4 Å². The lowest BCUT2D eigenvalue weighted by molar-refractivity contribution is 0.101. The lowest BCUT2D eigenvalue weighted by Crippen LogP contribution is -1.93. The number of carbonyl (C=O) groups excluding carboxylic acids is 1. The second-order valence-corrected chi connectivity index (χ2v) is 6.07. The van der Waals surface area contributed by atoms with Crippen molar-refractivity contribution in [1.82, 2.24) is 4.98 Å². The summed E-state index contributed by atoms with van der Waals surface area (Å²) in [5, 5.41) is 1.14. The number of ketones is 1. The molecule has 0 unspecified atom stereocenters. The number of Topliss-reactive ketones (excluding diaryl/α,β-unsaturated/α-hetero) is 1.